The van der Waals surface area contributed by atoms with Gasteiger partial charge in [-0.3, -0.25) is 10.1 Å². The number of aromatic carboxylic acids is 1. The first-order valence-electron chi connectivity index (χ1n) is 5.53. The van der Waals surface area contributed by atoms with Crippen LogP contribution in [0, 0.1) is 15.9 Å². The Morgan fingerprint density at radius 1 is 1.29 bits per heavy atom. The molecule has 0 radical (unpaired) electrons. The third-order valence-corrected chi connectivity index (χ3v) is 2.76. The Morgan fingerprint density at radius 3 is 2.62 bits per heavy atom. The Hall–Kier alpha value is -2.67. The first-order chi connectivity index (χ1) is 9.90. The first kappa shape index (κ1) is 14.7. The van der Waals surface area contributed by atoms with Crippen LogP contribution in [-0.4, -0.2) is 16.0 Å². The van der Waals surface area contributed by atoms with E-state index in [1.165, 1.54) is 18.2 Å². The number of nitrogens with zero attached hydrogens (tertiary/aromatic N) is 1. The van der Waals surface area contributed by atoms with Gasteiger partial charge in [0, 0.05) is 17.2 Å². The SMILES string of the molecule is O=C(O)c1c(F)cccc1Oc1cc(Cl)ccc1[N+](=O)[O-]. The number of carbonyl (C=O) groups is 1. The van der Waals surface area contributed by atoms with Gasteiger partial charge >= 0.3 is 11.7 Å². The van der Waals surface area contributed by atoms with Crippen LogP contribution in [-0.2, 0) is 0 Å². The lowest BCUT2D eigenvalue weighted by atomic mass is 10.2. The number of rotatable bonds is 4. The predicted octanol–water partition coefficient (Wildman–Crippen LogP) is 3.88. The van der Waals surface area contributed by atoms with Crippen LogP contribution >= 0.6 is 11.6 Å². The molecule has 0 aliphatic heterocycles. The maximum atomic E-state index is 13.5. The highest BCUT2D eigenvalue weighted by molar-refractivity contribution is 6.30. The van der Waals surface area contributed by atoms with Gasteiger partial charge in [-0.2, -0.15) is 0 Å². The number of benzene rings is 2. The Labute approximate surface area is 122 Å². The monoisotopic (exact) mass is 311 g/mol. The van der Waals surface area contributed by atoms with E-state index in [1.807, 2.05) is 0 Å². The number of ether oxygens (including phenoxy) is 1. The van der Waals surface area contributed by atoms with Gasteiger partial charge in [0.2, 0.25) is 5.75 Å². The minimum Gasteiger partial charge on any atom is -0.477 e. The molecule has 0 atom stereocenters. The second-order valence-corrected chi connectivity index (χ2v) is 4.33. The standard InChI is InChI=1S/C13H7ClFNO5/c14-7-4-5-9(16(19)20)11(6-7)21-10-3-1-2-8(15)12(10)13(17)18/h1-6H,(H,17,18). The number of hydrogen-bond acceptors (Lipinski definition) is 4. The zero-order valence-electron chi connectivity index (χ0n) is 10.2. The Bertz CT molecular complexity index is 734. The third-order valence-electron chi connectivity index (χ3n) is 2.53. The van der Waals surface area contributed by atoms with E-state index in [1.54, 1.807) is 0 Å². The van der Waals surface area contributed by atoms with Gasteiger partial charge < -0.3 is 9.84 Å². The maximum Gasteiger partial charge on any atom is 0.342 e. The molecule has 6 nitrogen and oxygen atoms in total. The van der Waals surface area contributed by atoms with Gasteiger partial charge in [0.15, 0.2) is 0 Å². The van der Waals surface area contributed by atoms with Crippen LogP contribution in [0.4, 0.5) is 10.1 Å². The lowest BCUT2D eigenvalue weighted by Crippen LogP contribution is -2.04. The molecule has 0 bridgehead atoms. The Kier molecular flexibility index (Phi) is 4.04. The van der Waals surface area contributed by atoms with Crippen molar-refractivity contribution in [2.24, 2.45) is 0 Å². The van der Waals surface area contributed by atoms with E-state index in [0.29, 0.717) is 0 Å². The molecule has 0 saturated heterocycles. The van der Waals surface area contributed by atoms with Crippen LogP contribution in [0.15, 0.2) is 36.4 Å². The molecule has 2 aromatic rings. The van der Waals surface area contributed by atoms with Gasteiger partial charge in [-0.15, -0.1) is 0 Å². The molecule has 0 saturated carbocycles. The van der Waals surface area contributed by atoms with E-state index in [2.05, 4.69) is 0 Å². The summed E-state index contributed by atoms with van der Waals surface area (Å²) in [4.78, 5) is 21.2. The molecule has 2 aromatic carbocycles. The molecule has 21 heavy (non-hydrogen) atoms. The maximum absolute atomic E-state index is 13.5. The molecule has 0 aliphatic rings. The van der Waals surface area contributed by atoms with Crippen LogP contribution in [0.5, 0.6) is 11.5 Å². The molecule has 1 N–H and O–H groups in total. The second kappa shape index (κ2) is 5.76. The van der Waals surface area contributed by atoms with E-state index >= 15 is 0 Å². The molecular weight excluding hydrogens is 305 g/mol. The van der Waals surface area contributed by atoms with Crippen LogP contribution in [0.2, 0.25) is 5.02 Å². The molecule has 0 heterocycles. The van der Waals surface area contributed by atoms with Crippen molar-refractivity contribution < 1.29 is 24.0 Å². The fourth-order valence-corrected chi connectivity index (χ4v) is 1.80. The first-order valence-corrected chi connectivity index (χ1v) is 5.91. The van der Waals surface area contributed by atoms with Gasteiger partial charge in [0.25, 0.3) is 0 Å². The lowest BCUT2D eigenvalue weighted by Gasteiger charge is -2.09. The quantitative estimate of drug-likeness (QED) is 0.683. The molecule has 0 fully saturated rings. The number of carboxylic acids is 1. The van der Waals surface area contributed by atoms with Gasteiger partial charge in [-0.05, 0) is 18.2 Å². The summed E-state index contributed by atoms with van der Waals surface area (Å²) < 4.78 is 18.7. The third kappa shape index (κ3) is 3.09. The van der Waals surface area contributed by atoms with Gasteiger partial charge in [-0.25, -0.2) is 9.18 Å². The topological polar surface area (TPSA) is 89.7 Å². The van der Waals surface area contributed by atoms with E-state index in [4.69, 9.17) is 21.4 Å². The molecule has 0 amide bonds. The Balaban J connectivity index is 2.53. The molecule has 2 rings (SSSR count). The van der Waals surface area contributed by atoms with E-state index < -0.39 is 28.0 Å². The minimum absolute atomic E-state index is 0.156. The van der Waals surface area contributed by atoms with Crippen LogP contribution in [0.25, 0.3) is 0 Å². The van der Waals surface area contributed by atoms with Crippen molar-refractivity contribution in [1.29, 1.82) is 0 Å². The minimum atomic E-state index is -1.55. The lowest BCUT2D eigenvalue weighted by molar-refractivity contribution is -0.385. The zero-order valence-corrected chi connectivity index (χ0v) is 11.0. The fraction of sp³-hybridized carbons (Fsp3) is 0. The van der Waals surface area contributed by atoms with Crippen LogP contribution < -0.4 is 4.74 Å². The highest BCUT2D eigenvalue weighted by Crippen LogP contribution is 2.35. The van der Waals surface area contributed by atoms with E-state index in [-0.39, 0.29) is 16.5 Å². The van der Waals surface area contributed by atoms with Crippen LogP contribution in [0.3, 0.4) is 0 Å². The zero-order chi connectivity index (χ0) is 15.6. The number of nitro benzene ring substituents is 1. The average molecular weight is 312 g/mol. The van der Waals surface area contributed by atoms with Crippen molar-refractivity contribution in [3.63, 3.8) is 0 Å². The predicted molar refractivity (Wildman–Crippen MR) is 71.5 cm³/mol. The van der Waals surface area contributed by atoms with E-state index in [0.717, 1.165) is 18.2 Å². The average Bonchev–Trinajstić information content (AvgIpc) is 2.37. The highest BCUT2D eigenvalue weighted by atomic mass is 35.5. The molecule has 0 spiro atoms. The summed E-state index contributed by atoms with van der Waals surface area (Å²) in [5.74, 6) is -3.19. The Morgan fingerprint density at radius 2 is 2.00 bits per heavy atom. The van der Waals surface area contributed by atoms with Crippen molar-refractivity contribution in [2.75, 3.05) is 0 Å². The van der Waals surface area contributed by atoms with Gasteiger partial charge in [0.1, 0.15) is 17.1 Å². The summed E-state index contributed by atoms with van der Waals surface area (Å²) in [6.07, 6.45) is 0. The fourth-order valence-electron chi connectivity index (χ4n) is 1.64. The number of carboxylic acid groups (broad SMARTS) is 1. The number of halogens is 2. The summed E-state index contributed by atoms with van der Waals surface area (Å²) in [5, 5.41) is 20.0. The molecule has 0 aliphatic carbocycles. The summed E-state index contributed by atoms with van der Waals surface area (Å²) >= 11 is 5.73. The van der Waals surface area contributed by atoms with Gasteiger partial charge in [0.05, 0.1) is 4.92 Å². The molecule has 0 unspecified atom stereocenters. The molecule has 108 valence electrons. The summed E-state index contributed by atoms with van der Waals surface area (Å²) in [7, 11) is 0. The van der Waals surface area contributed by atoms with E-state index in [9.17, 15) is 19.3 Å². The second-order valence-electron chi connectivity index (χ2n) is 3.89. The summed E-state index contributed by atoms with van der Waals surface area (Å²) in [5.41, 5.74) is -1.13. The smallest absolute Gasteiger partial charge is 0.342 e. The van der Waals surface area contributed by atoms with Gasteiger partial charge in [-0.1, -0.05) is 17.7 Å². The van der Waals surface area contributed by atoms with Crippen molar-refractivity contribution in [2.45, 2.75) is 0 Å². The van der Waals surface area contributed by atoms with Crippen LogP contribution in [0.1, 0.15) is 10.4 Å². The molecular formula is C13H7ClFNO5. The highest BCUT2D eigenvalue weighted by Gasteiger charge is 2.21. The molecule has 8 heteroatoms. The number of hydrogen-bond donors (Lipinski definition) is 1. The van der Waals surface area contributed by atoms with Crippen molar-refractivity contribution in [3.8, 4) is 11.5 Å². The normalized spacial score (nSPS) is 10.2. The molecule has 0 aromatic heterocycles. The summed E-state index contributed by atoms with van der Waals surface area (Å²) in [6.45, 7) is 0. The number of nitro groups is 1. The van der Waals surface area contributed by atoms with Crippen molar-refractivity contribution in [3.05, 3.63) is 62.9 Å². The van der Waals surface area contributed by atoms with Crippen molar-refractivity contribution in [1.82, 2.24) is 0 Å². The van der Waals surface area contributed by atoms with Crippen molar-refractivity contribution >= 4 is 23.3 Å². The summed E-state index contributed by atoms with van der Waals surface area (Å²) in [6, 6.07) is 6.91. The largest absolute Gasteiger partial charge is 0.477 e.